The van der Waals surface area contributed by atoms with Gasteiger partial charge in [-0.05, 0) is 68.7 Å². The first kappa shape index (κ1) is 19.0. The number of carbonyl (C=O) groups is 1. The molecule has 3 rings (SSSR count). The van der Waals surface area contributed by atoms with Gasteiger partial charge in [-0.15, -0.1) is 0 Å². The minimum absolute atomic E-state index is 0.254. The van der Waals surface area contributed by atoms with Crippen molar-refractivity contribution >= 4 is 17.6 Å². The number of pyridine rings is 1. The van der Waals surface area contributed by atoms with Gasteiger partial charge in [0, 0.05) is 28.2 Å². The van der Waals surface area contributed by atoms with Crippen LogP contribution in [-0.4, -0.2) is 27.5 Å². The molecule has 5 nitrogen and oxygen atoms in total. The third-order valence-electron chi connectivity index (χ3n) is 3.98. The summed E-state index contributed by atoms with van der Waals surface area (Å²) in [5.41, 5.74) is 3.86. The maximum absolute atomic E-state index is 12.3. The largest absolute Gasteiger partial charge is 0.461 e. The van der Waals surface area contributed by atoms with Gasteiger partial charge in [-0.2, -0.15) is 0 Å². The van der Waals surface area contributed by atoms with Gasteiger partial charge in [0.05, 0.1) is 6.61 Å². The molecule has 0 aliphatic carbocycles. The van der Waals surface area contributed by atoms with Gasteiger partial charge < -0.3 is 4.74 Å². The van der Waals surface area contributed by atoms with E-state index in [9.17, 15) is 4.79 Å². The van der Waals surface area contributed by atoms with E-state index in [0.717, 1.165) is 29.7 Å². The summed E-state index contributed by atoms with van der Waals surface area (Å²) in [7, 11) is 0. The van der Waals surface area contributed by atoms with Crippen LogP contribution in [-0.2, 0) is 11.2 Å². The van der Waals surface area contributed by atoms with E-state index in [0.29, 0.717) is 23.1 Å². The number of ether oxygens (including phenoxy) is 1. The van der Waals surface area contributed by atoms with Gasteiger partial charge in [-0.1, -0.05) is 17.7 Å². The number of carbonyl (C=O) groups excluding carboxylic acids is 1. The number of halogens is 1. The van der Waals surface area contributed by atoms with Crippen LogP contribution >= 0.6 is 11.6 Å². The number of nitrogens with zero attached hydrogens (tertiary/aromatic N) is 3. The van der Waals surface area contributed by atoms with Crippen LogP contribution < -0.4 is 0 Å². The maximum atomic E-state index is 12.3. The van der Waals surface area contributed by atoms with Crippen molar-refractivity contribution in [3.05, 3.63) is 76.3 Å². The fourth-order valence-corrected chi connectivity index (χ4v) is 2.69. The quantitative estimate of drug-likeness (QED) is 0.461. The molecule has 0 aliphatic rings. The summed E-state index contributed by atoms with van der Waals surface area (Å²) in [6.07, 6.45) is 3.38. The molecule has 0 saturated heterocycles. The molecule has 2 aromatic heterocycles. The molecule has 0 radical (unpaired) electrons. The van der Waals surface area contributed by atoms with Crippen LogP contribution in [0.25, 0.3) is 11.4 Å². The predicted molar refractivity (Wildman–Crippen MR) is 105 cm³/mol. The first-order valence-electron chi connectivity index (χ1n) is 8.71. The highest BCUT2D eigenvalue weighted by molar-refractivity contribution is 6.30. The standard InChI is InChI=1S/C21H20ClN3O2/c1-14-5-6-16(13-23-14)4-3-11-27-21(26)19-12-15(2)24-20(25-19)17-7-9-18(22)10-8-17/h5-10,12-13H,3-4,11H2,1-2H3. The highest BCUT2D eigenvalue weighted by Crippen LogP contribution is 2.19. The zero-order valence-corrected chi connectivity index (χ0v) is 16.0. The molecule has 2 heterocycles. The molecular formula is C21H20ClN3O2. The average Bonchev–Trinajstić information content (AvgIpc) is 2.66. The van der Waals surface area contributed by atoms with Crippen molar-refractivity contribution in [1.29, 1.82) is 0 Å². The molecule has 0 N–H and O–H groups in total. The minimum Gasteiger partial charge on any atom is -0.461 e. The lowest BCUT2D eigenvalue weighted by molar-refractivity contribution is 0.0493. The molecular weight excluding hydrogens is 362 g/mol. The maximum Gasteiger partial charge on any atom is 0.357 e. The van der Waals surface area contributed by atoms with Gasteiger partial charge in [-0.3, -0.25) is 4.98 Å². The Labute approximate surface area is 163 Å². The first-order valence-corrected chi connectivity index (χ1v) is 9.09. The van der Waals surface area contributed by atoms with Gasteiger partial charge in [0.1, 0.15) is 0 Å². The summed E-state index contributed by atoms with van der Waals surface area (Å²) < 4.78 is 5.37. The van der Waals surface area contributed by atoms with Crippen molar-refractivity contribution in [3.63, 3.8) is 0 Å². The predicted octanol–water partition coefficient (Wildman–Crippen LogP) is 4.60. The molecule has 0 bridgehead atoms. The van der Waals surface area contributed by atoms with Gasteiger partial charge in [0.2, 0.25) is 0 Å². The molecule has 0 unspecified atom stereocenters. The van der Waals surface area contributed by atoms with E-state index < -0.39 is 5.97 Å². The number of esters is 1. The first-order chi connectivity index (χ1) is 13.0. The molecule has 0 amide bonds. The van der Waals surface area contributed by atoms with E-state index in [1.54, 1.807) is 18.2 Å². The van der Waals surface area contributed by atoms with Crippen molar-refractivity contribution in [3.8, 4) is 11.4 Å². The highest BCUT2D eigenvalue weighted by atomic mass is 35.5. The molecule has 6 heteroatoms. The molecule has 3 aromatic rings. The van der Waals surface area contributed by atoms with E-state index >= 15 is 0 Å². The van der Waals surface area contributed by atoms with Crippen LogP contribution in [0.1, 0.15) is 33.9 Å². The summed E-state index contributed by atoms with van der Waals surface area (Å²) >= 11 is 5.92. The Hall–Kier alpha value is -2.79. The molecule has 0 atom stereocenters. The Morgan fingerprint density at radius 3 is 2.52 bits per heavy atom. The summed E-state index contributed by atoms with van der Waals surface area (Å²) in [5.74, 6) is 0.0297. The third-order valence-corrected chi connectivity index (χ3v) is 4.23. The molecule has 0 fully saturated rings. The molecule has 0 aliphatic heterocycles. The lowest BCUT2D eigenvalue weighted by Gasteiger charge is -2.07. The molecule has 0 spiro atoms. The van der Waals surface area contributed by atoms with Crippen LogP contribution in [0.3, 0.4) is 0 Å². The normalized spacial score (nSPS) is 10.6. The monoisotopic (exact) mass is 381 g/mol. The van der Waals surface area contributed by atoms with Crippen LogP contribution in [0.2, 0.25) is 5.02 Å². The van der Waals surface area contributed by atoms with Crippen molar-refractivity contribution in [2.45, 2.75) is 26.7 Å². The Bertz CT molecular complexity index is 925. The zero-order chi connectivity index (χ0) is 19.2. The number of rotatable bonds is 6. The van der Waals surface area contributed by atoms with E-state index in [1.807, 2.05) is 44.3 Å². The number of hydrogen-bond donors (Lipinski definition) is 0. The smallest absolute Gasteiger partial charge is 0.357 e. The van der Waals surface area contributed by atoms with Crippen LogP contribution in [0.5, 0.6) is 0 Å². The van der Waals surface area contributed by atoms with Crippen LogP contribution in [0.15, 0.2) is 48.7 Å². The Kier molecular flexibility index (Phi) is 6.14. The third kappa shape index (κ3) is 5.34. The summed E-state index contributed by atoms with van der Waals surface area (Å²) in [4.78, 5) is 25.3. The topological polar surface area (TPSA) is 65.0 Å². The second kappa shape index (κ2) is 8.73. The van der Waals surface area contributed by atoms with E-state index in [-0.39, 0.29) is 5.69 Å². The lowest BCUT2D eigenvalue weighted by atomic mass is 10.1. The van der Waals surface area contributed by atoms with Crippen LogP contribution in [0, 0.1) is 13.8 Å². The number of aryl methyl sites for hydroxylation is 3. The summed E-state index contributed by atoms with van der Waals surface area (Å²) in [6.45, 7) is 4.10. The molecule has 138 valence electrons. The summed E-state index contributed by atoms with van der Waals surface area (Å²) in [6, 6.07) is 12.8. The van der Waals surface area contributed by atoms with Gasteiger partial charge in [0.15, 0.2) is 11.5 Å². The van der Waals surface area contributed by atoms with Gasteiger partial charge in [0.25, 0.3) is 0 Å². The molecule has 27 heavy (non-hydrogen) atoms. The SMILES string of the molecule is Cc1ccc(CCCOC(=O)c2cc(C)nc(-c3ccc(Cl)cc3)n2)cn1. The van der Waals surface area contributed by atoms with Gasteiger partial charge in [-0.25, -0.2) is 14.8 Å². The van der Waals surface area contributed by atoms with Crippen molar-refractivity contribution < 1.29 is 9.53 Å². The molecule has 0 saturated carbocycles. The number of benzene rings is 1. The van der Waals surface area contributed by atoms with Crippen LogP contribution in [0.4, 0.5) is 0 Å². The van der Waals surface area contributed by atoms with Crippen molar-refractivity contribution in [2.75, 3.05) is 6.61 Å². The van der Waals surface area contributed by atoms with Crippen molar-refractivity contribution in [2.24, 2.45) is 0 Å². The lowest BCUT2D eigenvalue weighted by Crippen LogP contribution is -2.11. The Morgan fingerprint density at radius 2 is 1.81 bits per heavy atom. The Balaban J connectivity index is 1.60. The minimum atomic E-state index is -0.447. The van der Waals surface area contributed by atoms with E-state index in [2.05, 4.69) is 15.0 Å². The fraction of sp³-hybridized carbons (Fsp3) is 0.238. The van der Waals surface area contributed by atoms with E-state index in [1.165, 1.54) is 0 Å². The highest BCUT2D eigenvalue weighted by Gasteiger charge is 2.13. The zero-order valence-electron chi connectivity index (χ0n) is 15.3. The van der Waals surface area contributed by atoms with Crippen molar-refractivity contribution in [1.82, 2.24) is 15.0 Å². The fourth-order valence-electron chi connectivity index (χ4n) is 2.56. The average molecular weight is 382 g/mol. The Morgan fingerprint density at radius 1 is 1.04 bits per heavy atom. The molecule has 1 aromatic carbocycles. The number of hydrogen-bond acceptors (Lipinski definition) is 5. The number of aromatic nitrogens is 3. The second-order valence-corrected chi connectivity index (χ2v) is 6.71. The second-order valence-electron chi connectivity index (χ2n) is 6.27. The van der Waals surface area contributed by atoms with Gasteiger partial charge >= 0.3 is 5.97 Å². The van der Waals surface area contributed by atoms with E-state index in [4.69, 9.17) is 16.3 Å². The summed E-state index contributed by atoms with van der Waals surface area (Å²) in [5, 5.41) is 0.634.